The van der Waals surface area contributed by atoms with Crippen LogP contribution < -0.4 is 9.47 Å². The predicted octanol–water partition coefficient (Wildman–Crippen LogP) is 6.82. The number of imide groups is 1. The van der Waals surface area contributed by atoms with Gasteiger partial charge in [-0.05, 0) is 59.3 Å². The van der Waals surface area contributed by atoms with Gasteiger partial charge in [-0.25, -0.2) is 0 Å². The second kappa shape index (κ2) is 10.3. The molecule has 1 fully saturated rings. The summed E-state index contributed by atoms with van der Waals surface area (Å²) in [4.78, 5) is 26.9. The van der Waals surface area contributed by atoms with Crippen LogP contribution in [0.4, 0.5) is 4.79 Å². The molecule has 8 heteroatoms. The van der Waals surface area contributed by atoms with E-state index in [1.54, 1.807) is 55.7 Å². The normalized spacial score (nSPS) is 14.8. The van der Waals surface area contributed by atoms with E-state index < -0.39 is 0 Å². The average molecular weight is 500 g/mol. The first-order valence-corrected chi connectivity index (χ1v) is 11.6. The Bertz CT molecular complexity index is 1240. The van der Waals surface area contributed by atoms with Gasteiger partial charge in [0.25, 0.3) is 11.1 Å². The van der Waals surface area contributed by atoms with Crippen molar-refractivity contribution < 1.29 is 19.1 Å². The molecular weight excluding hydrogens is 481 g/mol. The van der Waals surface area contributed by atoms with Crippen LogP contribution in [0, 0.1) is 0 Å². The van der Waals surface area contributed by atoms with Gasteiger partial charge in [-0.1, -0.05) is 59.6 Å². The van der Waals surface area contributed by atoms with Crippen molar-refractivity contribution in [2.24, 2.45) is 0 Å². The third kappa shape index (κ3) is 5.53. The zero-order valence-corrected chi connectivity index (χ0v) is 19.9. The summed E-state index contributed by atoms with van der Waals surface area (Å²) < 4.78 is 11.3. The highest BCUT2D eigenvalue weighted by Gasteiger charge is 2.35. The summed E-state index contributed by atoms with van der Waals surface area (Å²) in [5.41, 5.74) is 2.33. The number of amides is 2. The van der Waals surface area contributed by atoms with E-state index in [1.807, 2.05) is 24.3 Å². The summed E-state index contributed by atoms with van der Waals surface area (Å²) in [5, 5.41) is 0.841. The maximum absolute atomic E-state index is 12.9. The number of benzene rings is 3. The van der Waals surface area contributed by atoms with E-state index in [-0.39, 0.29) is 24.3 Å². The second-order valence-corrected chi connectivity index (χ2v) is 9.02. The monoisotopic (exact) mass is 499 g/mol. The number of carbonyl (C=O) groups is 2. The van der Waals surface area contributed by atoms with Gasteiger partial charge >= 0.3 is 0 Å². The predicted molar refractivity (Wildman–Crippen MR) is 132 cm³/mol. The molecule has 1 aliphatic rings. The number of hydrogen-bond donors (Lipinski definition) is 0. The first-order valence-electron chi connectivity index (χ1n) is 9.98. The van der Waals surface area contributed by atoms with Gasteiger partial charge in [-0.2, -0.15) is 0 Å². The van der Waals surface area contributed by atoms with E-state index in [4.69, 9.17) is 32.7 Å². The Morgan fingerprint density at radius 2 is 1.79 bits per heavy atom. The van der Waals surface area contributed by atoms with Gasteiger partial charge in [0, 0.05) is 15.6 Å². The molecule has 4 rings (SSSR count). The van der Waals surface area contributed by atoms with Crippen LogP contribution in [0.3, 0.4) is 0 Å². The van der Waals surface area contributed by atoms with Crippen LogP contribution in [-0.4, -0.2) is 23.2 Å². The molecule has 1 aliphatic heterocycles. The summed E-state index contributed by atoms with van der Waals surface area (Å²) in [5.74, 6) is 0.705. The second-order valence-electron chi connectivity index (χ2n) is 7.19. The Balaban J connectivity index is 1.53. The number of nitrogens with zero attached hydrogens (tertiary/aromatic N) is 1. The van der Waals surface area contributed by atoms with Crippen LogP contribution in [0.1, 0.15) is 16.7 Å². The third-order valence-electron chi connectivity index (χ3n) is 4.93. The van der Waals surface area contributed by atoms with Crippen LogP contribution in [-0.2, 0) is 17.9 Å². The van der Waals surface area contributed by atoms with Crippen molar-refractivity contribution in [3.63, 3.8) is 0 Å². The van der Waals surface area contributed by atoms with Crippen LogP contribution in [0.5, 0.6) is 11.5 Å². The molecule has 0 saturated carbocycles. The standard InChI is InChI=1S/C25H19Cl2NO4S/c1-31-21-10-9-16(12-22(21)32-15-18-6-2-3-8-20(18)27)13-23-24(29)28(25(30)33-23)14-17-5-4-7-19(26)11-17/h2-13H,14-15H2,1H3/b23-13-. The van der Waals surface area contributed by atoms with Gasteiger partial charge in [-0.3, -0.25) is 14.5 Å². The molecule has 0 radical (unpaired) electrons. The molecule has 0 unspecified atom stereocenters. The molecule has 0 aromatic heterocycles. The minimum atomic E-state index is -0.348. The van der Waals surface area contributed by atoms with Crippen LogP contribution in [0.2, 0.25) is 10.0 Å². The van der Waals surface area contributed by atoms with Crippen molar-refractivity contribution in [1.29, 1.82) is 0 Å². The van der Waals surface area contributed by atoms with Gasteiger partial charge in [-0.15, -0.1) is 0 Å². The molecule has 0 spiro atoms. The van der Waals surface area contributed by atoms with Gasteiger partial charge in [0.1, 0.15) is 6.61 Å². The molecule has 5 nitrogen and oxygen atoms in total. The maximum Gasteiger partial charge on any atom is 0.293 e. The Labute approximate surface area is 205 Å². The minimum absolute atomic E-state index is 0.164. The van der Waals surface area contributed by atoms with Crippen LogP contribution in [0.25, 0.3) is 6.08 Å². The number of hydrogen-bond acceptors (Lipinski definition) is 5. The smallest absolute Gasteiger partial charge is 0.293 e. The molecule has 2 amide bonds. The summed E-state index contributed by atoms with van der Waals surface area (Å²) in [7, 11) is 1.55. The van der Waals surface area contributed by atoms with Gasteiger partial charge < -0.3 is 9.47 Å². The quantitative estimate of drug-likeness (QED) is 0.334. The molecule has 1 heterocycles. The van der Waals surface area contributed by atoms with Gasteiger partial charge in [0.05, 0.1) is 18.6 Å². The first kappa shape index (κ1) is 23.2. The van der Waals surface area contributed by atoms with Gasteiger partial charge in [0.15, 0.2) is 11.5 Å². The lowest BCUT2D eigenvalue weighted by Crippen LogP contribution is -2.27. The molecular formula is C25H19Cl2NO4S. The number of thioether (sulfide) groups is 1. The Kier molecular flexibility index (Phi) is 7.28. The van der Waals surface area contributed by atoms with Crippen molar-refractivity contribution in [3.8, 4) is 11.5 Å². The molecule has 3 aromatic rings. The molecule has 0 atom stereocenters. The number of halogens is 2. The maximum atomic E-state index is 12.9. The highest BCUT2D eigenvalue weighted by Crippen LogP contribution is 2.36. The zero-order chi connectivity index (χ0) is 23.4. The summed E-state index contributed by atoms with van der Waals surface area (Å²) >= 11 is 13.1. The SMILES string of the molecule is COc1ccc(/C=C2\SC(=O)N(Cc3cccc(Cl)c3)C2=O)cc1OCc1ccccc1Cl. The number of methoxy groups -OCH3 is 1. The number of rotatable bonds is 7. The minimum Gasteiger partial charge on any atom is -0.493 e. The van der Waals surface area contributed by atoms with Crippen LogP contribution in [0.15, 0.2) is 71.6 Å². The van der Waals surface area contributed by atoms with E-state index in [9.17, 15) is 9.59 Å². The van der Waals surface area contributed by atoms with Crippen molar-refractivity contribution in [2.45, 2.75) is 13.2 Å². The fourth-order valence-electron chi connectivity index (χ4n) is 3.27. The van der Waals surface area contributed by atoms with E-state index in [0.29, 0.717) is 32.0 Å². The lowest BCUT2D eigenvalue weighted by molar-refractivity contribution is -0.123. The summed E-state index contributed by atoms with van der Waals surface area (Å²) in [6, 6.07) is 19.8. The molecule has 0 aliphatic carbocycles. The fraction of sp³-hybridized carbons (Fsp3) is 0.120. The van der Waals surface area contributed by atoms with E-state index in [0.717, 1.165) is 22.9 Å². The fourth-order valence-corrected chi connectivity index (χ4v) is 4.51. The zero-order valence-electron chi connectivity index (χ0n) is 17.6. The topological polar surface area (TPSA) is 55.8 Å². The van der Waals surface area contributed by atoms with E-state index >= 15 is 0 Å². The molecule has 168 valence electrons. The van der Waals surface area contributed by atoms with E-state index in [1.165, 1.54) is 4.90 Å². The molecule has 33 heavy (non-hydrogen) atoms. The molecule has 0 bridgehead atoms. The lowest BCUT2D eigenvalue weighted by Gasteiger charge is -2.13. The third-order valence-corrected chi connectivity index (χ3v) is 6.44. The largest absolute Gasteiger partial charge is 0.493 e. The highest BCUT2D eigenvalue weighted by atomic mass is 35.5. The molecule has 0 N–H and O–H groups in total. The average Bonchev–Trinajstić information content (AvgIpc) is 3.06. The van der Waals surface area contributed by atoms with Gasteiger partial charge in [0.2, 0.25) is 0 Å². The van der Waals surface area contributed by atoms with Crippen molar-refractivity contribution in [3.05, 3.63) is 98.4 Å². The molecule has 3 aromatic carbocycles. The Hall–Kier alpha value is -2.93. The van der Waals surface area contributed by atoms with E-state index in [2.05, 4.69) is 0 Å². The lowest BCUT2D eigenvalue weighted by atomic mass is 10.1. The summed E-state index contributed by atoms with van der Waals surface area (Å²) in [6.07, 6.45) is 1.67. The highest BCUT2D eigenvalue weighted by molar-refractivity contribution is 8.18. The first-order chi connectivity index (χ1) is 15.9. The Morgan fingerprint density at radius 3 is 2.55 bits per heavy atom. The Morgan fingerprint density at radius 1 is 0.970 bits per heavy atom. The number of carbonyl (C=O) groups excluding carboxylic acids is 2. The van der Waals surface area contributed by atoms with Crippen molar-refractivity contribution in [1.82, 2.24) is 4.90 Å². The van der Waals surface area contributed by atoms with Crippen molar-refractivity contribution in [2.75, 3.05) is 7.11 Å². The van der Waals surface area contributed by atoms with Crippen molar-refractivity contribution >= 4 is 52.2 Å². The number of ether oxygens (including phenoxy) is 2. The van der Waals surface area contributed by atoms with Crippen LogP contribution >= 0.6 is 35.0 Å². The summed E-state index contributed by atoms with van der Waals surface area (Å²) in [6.45, 7) is 0.424. The molecule has 1 saturated heterocycles.